The van der Waals surface area contributed by atoms with E-state index < -0.39 is 5.97 Å². The molecule has 2 aromatic carbocycles. The van der Waals surface area contributed by atoms with Crippen molar-refractivity contribution >= 4 is 40.6 Å². The van der Waals surface area contributed by atoms with Crippen molar-refractivity contribution < 1.29 is 19.4 Å². The summed E-state index contributed by atoms with van der Waals surface area (Å²) in [6.45, 7) is 0.921. The standard InChI is InChI=1S/C27H23Cl2N3O4/c1-36-18-8-4-6-16(12-18)24-23-9-2-3-11-32(23)25(30-24)17-7-5-10-31(15-17)26(33)19-13-21(28)22(29)14-20(19)27(34)35/h2-4,6,8-9,11-14,17H,5,7,10,15H2,1H3,(H,34,35). The van der Waals surface area contributed by atoms with Gasteiger partial charge in [0, 0.05) is 30.8 Å². The van der Waals surface area contributed by atoms with Crippen LogP contribution >= 0.6 is 23.2 Å². The lowest BCUT2D eigenvalue weighted by Crippen LogP contribution is -2.40. The summed E-state index contributed by atoms with van der Waals surface area (Å²) in [4.78, 5) is 31.9. The monoisotopic (exact) mass is 523 g/mol. The lowest BCUT2D eigenvalue weighted by molar-refractivity contribution is 0.0658. The molecule has 0 radical (unpaired) electrons. The molecule has 1 unspecified atom stereocenters. The molecule has 1 amide bonds. The van der Waals surface area contributed by atoms with Gasteiger partial charge in [0.1, 0.15) is 11.6 Å². The highest BCUT2D eigenvalue weighted by Crippen LogP contribution is 2.34. The van der Waals surface area contributed by atoms with E-state index >= 15 is 0 Å². The van der Waals surface area contributed by atoms with Crippen LogP contribution in [0, 0.1) is 0 Å². The summed E-state index contributed by atoms with van der Waals surface area (Å²) < 4.78 is 7.46. The molecule has 1 saturated heterocycles. The highest BCUT2D eigenvalue weighted by molar-refractivity contribution is 6.42. The molecule has 0 bridgehead atoms. The van der Waals surface area contributed by atoms with E-state index in [0.29, 0.717) is 13.1 Å². The molecule has 5 rings (SSSR count). The number of fused-ring (bicyclic) bond motifs is 1. The summed E-state index contributed by atoms with van der Waals surface area (Å²) in [6.07, 6.45) is 3.59. The van der Waals surface area contributed by atoms with Crippen molar-refractivity contribution in [3.05, 3.63) is 87.8 Å². The Bertz CT molecular complexity index is 1480. The van der Waals surface area contributed by atoms with E-state index in [1.807, 2.05) is 48.7 Å². The topological polar surface area (TPSA) is 84.1 Å². The number of aromatic nitrogens is 2. The Morgan fingerprint density at radius 1 is 1.06 bits per heavy atom. The number of carbonyl (C=O) groups is 2. The van der Waals surface area contributed by atoms with Gasteiger partial charge in [-0.15, -0.1) is 0 Å². The Hall–Kier alpha value is -3.55. The predicted molar refractivity (Wildman–Crippen MR) is 138 cm³/mol. The molecule has 2 aromatic heterocycles. The number of nitrogens with zero attached hydrogens (tertiary/aromatic N) is 3. The Morgan fingerprint density at radius 3 is 2.58 bits per heavy atom. The van der Waals surface area contributed by atoms with E-state index in [9.17, 15) is 14.7 Å². The van der Waals surface area contributed by atoms with Crippen molar-refractivity contribution in [1.29, 1.82) is 0 Å². The number of aromatic carboxylic acids is 1. The minimum atomic E-state index is -1.23. The molecule has 36 heavy (non-hydrogen) atoms. The lowest BCUT2D eigenvalue weighted by atomic mass is 9.96. The maximum absolute atomic E-state index is 13.4. The number of halogens is 2. The highest BCUT2D eigenvalue weighted by atomic mass is 35.5. The molecule has 0 spiro atoms. The summed E-state index contributed by atoms with van der Waals surface area (Å²) in [6, 6.07) is 16.3. The molecule has 0 aliphatic carbocycles. The molecular weight excluding hydrogens is 501 g/mol. The number of benzene rings is 2. The zero-order valence-corrected chi connectivity index (χ0v) is 21.0. The van der Waals surface area contributed by atoms with Crippen LogP contribution in [0.2, 0.25) is 10.0 Å². The number of likely N-dealkylation sites (tertiary alicyclic amines) is 1. The summed E-state index contributed by atoms with van der Waals surface area (Å²) in [5, 5.41) is 9.86. The van der Waals surface area contributed by atoms with Crippen molar-refractivity contribution in [3.63, 3.8) is 0 Å². The zero-order valence-electron chi connectivity index (χ0n) is 19.4. The first-order chi connectivity index (χ1) is 17.4. The summed E-state index contributed by atoms with van der Waals surface area (Å²) >= 11 is 12.1. The van der Waals surface area contributed by atoms with Gasteiger partial charge in [0.25, 0.3) is 5.91 Å². The first-order valence-electron chi connectivity index (χ1n) is 11.5. The third kappa shape index (κ3) is 4.40. The van der Waals surface area contributed by atoms with Crippen LogP contribution in [-0.4, -0.2) is 51.5 Å². The molecule has 4 aromatic rings. The van der Waals surface area contributed by atoms with Crippen molar-refractivity contribution in [2.75, 3.05) is 20.2 Å². The van der Waals surface area contributed by atoms with Crippen molar-refractivity contribution in [2.24, 2.45) is 0 Å². The fourth-order valence-corrected chi connectivity index (χ4v) is 5.10. The van der Waals surface area contributed by atoms with Crippen LogP contribution in [0.15, 0.2) is 60.8 Å². The molecule has 1 N–H and O–H groups in total. The van der Waals surface area contributed by atoms with Crippen molar-refractivity contribution in [3.8, 4) is 17.0 Å². The molecule has 1 atom stereocenters. The van der Waals surface area contributed by atoms with E-state index in [4.69, 9.17) is 32.9 Å². The Kier molecular flexibility index (Phi) is 6.60. The second-order valence-electron chi connectivity index (χ2n) is 8.71. The summed E-state index contributed by atoms with van der Waals surface area (Å²) in [5.41, 5.74) is 2.60. The molecular formula is C27H23Cl2N3O4. The predicted octanol–water partition coefficient (Wildman–Crippen LogP) is 6.03. The number of hydrogen-bond donors (Lipinski definition) is 1. The van der Waals surface area contributed by atoms with Gasteiger partial charge in [-0.1, -0.05) is 41.4 Å². The quantitative estimate of drug-likeness (QED) is 0.345. The number of amides is 1. The minimum Gasteiger partial charge on any atom is -0.497 e. The second-order valence-corrected chi connectivity index (χ2v) is 9.53. The number of piperidine rings is 1. The first kappa shape index (κ1) is 24.2. The number of ether oxygens (including phenoxy) is 1. The summed E-state index contributed by atoms with van der Waals surface area (Å²) in [5.74, 6) is -0.0461. The van der Waals surface area contributed by atoms with Crippen LogP contribution in [0.4, 0.5) is 0 Å². The van der Waals surface area contributed by atoms with Crippen LogP contribution in [0.3, 0.4) is 0 Å². The van der Waals surface area contributed by atoms with Gasteiger partial charge in [0.05, 0.1) is 39.5 Å². The molecule has 184 valence electrons. The second kappa shape index (κ2) is 9.84. The maximum atomic E-state index is 13.4. The average Bonchev–Trinajstić information content (AvgIpc) is 3.29. The van der Waals surface area contributed by atoms with Crippen LogP contribution < -0.4 is 4.74 Å². The fraction of sp³-hybridized carbons (Fsp3) is 0.222. The van der Waals surface area contributed by atoms with Gasteiger partial charge in [-0.3, -0.25) is 4.79 Å². The Labute approximate surface area is 217 Å². The highest BCUT2D eigenvalue weighted by Gasteiger charge is 2.31. The Balaban J connectivity index is 1.51. The number of carboxylic acid groups (broad SMARTS) is 1. The van der Waals surface area contributed by atoms with E-state index in [1.54, 1.807) is 12.0 Å². The SMILES string of the molecule is COc1cccc(-c2nc(C3CCCN(C(=O)c4cc(Cl)c(Cl)cc4C(=O)O)C3)n3ccccc23)c1. The smallest absolute Gasteiger partial charge is 0.336 e. The van der Waals surface area contributed by atoms with Gasteiger partial charge >= 0.3 is 5.97 Å². The zero-order chi connectivity index (χ0) is 25.4. The van der Waals surface area contributed by atoms with Gasteiger partial charge in [-0.05, 0) is 49.2 Å². The maximum Gasteiger partial charge on any atom is 0.336 e. The van der Waals surface area contributed by atoms with E-state index in [1.165, 1.54) is 12.1 Å². The van der Waals surface area contributed by atoms with Crippen LogP contribution in [0.1, 0.15) is 45.3 Å². The van der Waals surface area contributed by atoms with Crippen LogP contribution in [0.25, 0.3) is 16.8 Å². The number of carbonyl (C=O) groups excluding carboxylic acids is 1. The van der Waals surface area contributed by atoms with E-state index in [2.05, 4.69) is 4.40 Å². The third-order valence-corrected chi connectivity index (χ3v) is 7.24. The van der Waals surface area contributed by atoms with Crippen molar-refractivity contribution in [2.45, 2.75) is 18.8 Å². The van der Waals surface area contributed by atoms with E-state index in [-0.39, 0.29) is 33.0 Å². The molecule has 1 fully saturated rings. The van der Waals surface area contributed by atoms with Crippen LogP contribution in [0.5, 0.6) is 5.75 Å². The van der Waals surface area contributed by atoms with Gasteiger partial charge in [0.15, 0.2) is 0 Å². The average molecular weight is 524 g/mol. The number of rotatable bonds is 5. The molecule has 7 nitrogen and oxygen atoms in total. The van der Waals surface area contributed by atoms with Gasteiger partial charge < -0.3 is 19.1 Å². The van der Waals surface area contributed by atoms with Crippen molar-refractivity contribution in [1.82, 2.24) is 14.3 Å². The number of imidazole rings is 1. The Morgan fingerprint density at radius 2 is 1.83 bits per heavy atom. The first-order valence-corrected chi connectivity index (χ1v) is 12.3. The number of hydrogen-bond acceptors (Lipinski definition) is 4. The molecule has 3 heterocycles. The largest absolute Gasteiger partial charge is 0.497 e. The van der Waals surface area contributed by atoms with Gasteiger partial charge in [-0.25, -0.2) is 9.78 Å². The molecule has 1 aliphatic heterocycles. The number of pyridine rings is 1. The molecule has 9 heteroatoms. The van der Waals surface area contributed by atoms with Gasteiger partial charge in [-0.2, -0.15) is 0 Å². The minimum absolute atomic E-state index is 0.0302. The number of carboxylic acids is 1. The molecule has 1 aliphatic rings. The van der Waals surface area contributed by atoms with Gasteiger partial charge in [0.2, 0.25) is 0 Å². The summed E-state index contributed by atoms with van der Waals surface area (Å²) in [7, 11) is 1.63. The van der Waals surface area contributed by atoms with Crippen LogP contribution in [-0.2, 0) is 0 Å². The lowest BCUT2D eigenvalue weighted by Gasteiger charge is -2.32. The number of methoxy groups -OCH3 is 1. The molecule has 0 saturated carbocycles. The third-order valence-electron chi connectivity index (χ3n) is 6.51. The van der Waals surface area contributed by atoms with E-state index in [0.717, 1.165) is 41.2 Å². The normalized spacial score (nSPS) is 15.8. The fourth-order valence-electron chi connectivity index (χ4n) is 4.78.